The molecule has 0 saturated heterocycles. The fourth-order valence-corrected chi connectivity index (χ4v) is 3.35. The predicted molar refractivity (Wildman–Crippen MR) is 104 cm³/mol. The van der Waals surface area contributed by atoms with E-state index in [0.717, 1.165) is 33.5 Å². The first-order valence-electron chi connectivity index (χ1n) is 8.99. The van der Waals surface area contributed by atoms with Crippen molar-refractivity contribution in [3.05, 3.63) is 63.6 Å². The summed E-state index contributed by atoms with van der Waals surface area (Å²) in [6, 6.07) is 11.7. The third kappa shape index (κ3) is 3.27. The molecule has 1 aromatic heterocycles. The van der Waals surface area contributed by atoms with E-state index in [9.17, 15) is 9.90 Å². The standard InChI is InChI=1S/C21H26N2O3/c1-5-22-18-8-6-7-9-19(18)23(21(22)25)12-17(24)13-26-20-15(3)11-10-14(2)16(20)4/h6-11,17,24H,5,12-13H2,1-4H3/t17-/m0/s1. The number of rotatable bonds is 6. The van der Waals surface area contributed by atoms with E-state index in [0.29, 0.717) is 6.54 Å². The summed E-state index contributed by atoms with van der Waals surface area (Å²) in [4.78, 5) is 12.7. The first-order chi connectivity index (χ1) is 12.4. The second-order valence-electron chi connectivity index (χ2n) is 6.74. The number of imidazole rings is 1. The zero-order valence-corrected chi connectivity index (χ0v) is 15.8. The Balaban J connectivity index is 1.81. The van der Waals surface area contributed by atoms with Crippen LogP contribution in [-0.2, 0) is 13.1 Å². The van der Waals surface area contributed by atoms with Crippen LogP contribution in [0.5, 0.6) is 5.75 Å². The summed E-state index contributed by atoms with van der Waals surface area (Å²) in [5.41, 5.74) is 4.90. The van der Waals surface area contributed by atoms with E-state index in [1.165, 1.54) is 0 Å². The average Bonchev–Trinajstić information content (AvgIpc) is 2.90. The van der Waals surface area contributed by atoms with Gasteiger partial charge in [0.25, 0.3) is 0 Å². The molecule has 0 aliphatic carbocycles. The van der Waals surface area contributed by atoms with Gasteiger partial charge in [-0.15, -0.1) is 0 Å². The van der Waals surface area contributed by atoms with Gasteiger partial charge < -0.3 is 9.84 Å². The Bertz CT molecular complexity index is 985. The predicted octanol–water partition coefficient (Wildman–Crippen LogP) is 3.19. The molecule has 3 aromatic rings. The van der Waals surface area contributed by atoms with Gasteiger partial charge in [0.05, 0.1) is 17.6 Å². The molecule has 0 bridgehead atoms. The summed E-state index contributed by atoms with van der Waals surface area (Å²) in [7, 11) is 0. The lowest BCUT2D eigenvalue weighted by Gasteiger charge is -2.17. The van der Waals surface area contributed by atoms with Gasteiger partial charge in [0, 0.05) is 6.54 Å². The molecule has 3 rings (SSSR count). The lowest BCUT2D eigenvalue weighted by atomic mass is 10.1. The van der Waals surface area contributed by atoms with Crippen LogP contribution in [-0.4, -0.2) is 27.0 Å². The van der Waals surface area contributed by atoms with Crippen LogP contribution < -0.4 is 10.4 Å². The van der Waals surface area contributed by atoms with Crippen LogP contribution in [0, 0.1) is 20.8 Å². The molecule has 0 fully saturated rings. The maximum atomic E-state index is 12.7. The molecule has 1 heterocycles. The van der Waals surface area contributed by atoms with Crippen LogP contribution in [0.4, 0.5) is 0 Å². The van der Waals surface area contributed by atoms with Crippen molar-refractivity contribution in [2.24, 2.45) is 0 Å². The average molecular weight is 354 g/mol. The molecular formula is C21H26N2O3. The number of ether oxygens (including phenoxy) is 1. The summed E-state index contributed by atoms with van der Waals surface area (Å²) in [6.07, 6.45) is -0.775. The fourth-order valence-electron chi connectivity index (χ4n) is 3.35. The largest absolute Gasteiger partial charge is 0.490 e. The highest BCUT2D eigenvalue weighted by atomic mass is 16.5. The summed E-state index contributed by atoms with van der Waals surface area (Å²) >= 11 is 0. The first-order valence-corrected chi connectivity index (χ1v) is 8.99. The highest BCUT2D eigenvalue weighted by molar-refractivity contribution is 5.75. The highest BCUT2D eigenvalue weighted by Gasteiger charge is 2.16. The number of aliphatic hydroxyl groups is 1. The second-order valence-corrected chi connectivity index (χ2v) is 6.74. The van der Waals surface area contributed by atoms with Crippen LogP contribution in [0.3, 0.4) is 0 Å². The van der Waals surface area contributed by atoms with Gasteiger partial charge in [-0.25, -0.2) is 4.79 Å². The SMILES string of the molecule is CCn1c(=O)n(C[C@H](O)COc2c(C)ccc(C)c2C)c2ccccc21. The van der Waals surface area contributed by atoms with Crippen LogP contribution in [0.2, 0.25) is 0 Å². The third-order valence-electron chi connectivity index (χ3n) is 4.93. The molecule has 138 valence electrons. The van der Waals surface area contributed by atoms with Crippen molar-refractivity contribution in [1.29, 1.82) is 0 Å². The van der Waals surface area contributed by atoms with E-state index >= 15 is 0 Å². The molecule has 1 N–H and O–H groups in total. The number of nitrogens with zero attached hydrogens (tertiary/aromatic N) is 2. The van der Waals surface area contributed by atoms with E-state index in [2.05, 4.69) is 6.07 Å². The van der Waals surface area contributed by atoms with Gasteiger partial charge in [-0.1, -0.05) is 24.3 Å². The monoisotopic (exact) mass is 354 g/mol. The second kappa shape index (κ2) is 7.38. The van der Waals surface area contributed by atoms with Crippen molar-refractivity contribution < 1.29 is 9.84 Å². The van der Waals surface area contributed by atoms with Gasteiger partial charge in [0.15, 0.2) is 0 Å². The minimum atomic E-state index is -0.775. The molecule has 0 aliphatic rings. The van der Waals surface area contributed by atoms with Gasteiger partial charge in [-0.05, 0) is 56.5 Å². The maximum Gasteiger partial charge on any atom is 0.329 e. The first kappa shape index (κ1) is 18.3. The summed E-state index contributed by atoms with van der Waals surface area (Å²) < 4.78 is 9.24. The number of benzene rings is 2. The maximum absolute atomic E-state index is 12.7. The van der Waals surface area contributed by atoms with Crippen LogP contribution in [0.25, 0.3) is 11.0 Å². The highest BCUT2D eigenvalue weighted by Crippen LogP contribution is 2.26. The molecule has 5 nitrogen and oxygen atoms in total. The normalized spacial score (nSPS) is 12.5. The van der Waals surface area contributed by atoms with Crippen molar-refractivity contribution in [2.75, 3.05) is 6.61 Å². The summed E-state index contributed by atoms with van der Waals surface area (Å²) in [5.74, 6) is 0.812. The summed E-state index contributed by atoms with van der Waals surface area (Å²) in [5, 5.41) is 10.5. The molecule has 2 aromatic carbocycles. The number of fused-ring (bicyclic) bond motifs is 1. The minimum Gasteiger partial charge on any atom is -0.490 e. The molecule has 0 radical (unpaired) electrons. The van der Waals surface area contributed by atoms with E-state index in [-0.39, 0.29) is 18.8 Å². The number of hydrogen-bond acceptors (Lipinski definition) is 3. The molecule has 0 saturated carbocycles. The Hall–Kier alpha value is -2.53. The number of aryl methyl sites for hydroxylation is 3. The molecular weight excluding hydrogens is 328 g/mol. The van der Waals surface area contributed by atoms with Gasteiger partial charge in [-0.3, -0.25) is 9.13 Å². The van der Waals surface area contributed by atoms with Gasteiger partial charge in [0.1, 0.15) is 18.5 Å². The zero-order valence-electron chi connectivity index (χ0n) is 15.8. The molecule has 0 spiro atoms. The number of aliphatic hydroxyl groups excluding tert-OH is 1. The lowest BCUT2D eigenvalue weighted by Crippen LogP contribution is -2.31. The molecule has 0 aliphatic heterocycles. The van der Waals surface area contributed by atoms with Gasteiger partial charge >= 0.3 is 5.69 Å². The Morgan fingerprint density at radius 2 is 1.62 bits per heavy atom. The lowest BCUT2D eigenvalue weighted by molar-refractivity contribution is 0.0918. The molecule has 26 heavy (non-hydrogen) atoms. The molecule has 5 heteroatoms. The Morgan fingerprint density at radius 1 is 1.00 bits per heavy atom. The van der Waals surface area contributed by atoms with Crippen LogP contribution in [0.15, 0.2) is 41.2 Å². The quantitative estimate of drug-likeness (QED) is 0.740. The Morgan fingerprint density at radius 3 is 2.27 bits per heavy atom. The van der Waals surface area contributed by atoms with Crippen molar-refractivity contribution in [3.63, 3.8) is 0 Å². The Kier molecular flexibility index (Phi) is 5.18. The topological polar surface area (TPSA) is 56.4 Å². The van der Waals surface area contributed by atoms with E-state index < -0.39 is 6.10 Å². The number of aromatic nitrogens is 2. The molecule has 0 amide bonds. The van der Waals surface area contributed by atoms with Crippen molar-refractivity contribution >= 4 is 11.0 Å². The zero-order chi connectivity index (χ0) is 18.8. The van der Waals surface area contributed by atoms with Crippen molar-refractivity contribution in [2.45, 2.75) is 46.9 Å². The Labute approximate surface area is 153 Å². The minimum absolute atomic E-state index is 0.101. The van der Waals surface area contributed by atoms with Crippen LogP contribution in [0.1, 0.15) is 23.6 Å². The number of hydrogen-bond donors (Lipinski definition) is 1. The summed E-state index contributed by atoms with van der Waals surface area (Å²) in [6.45, 7) is 8.94. The third-order valence-corrected chi connectivity index (χ3v) is 4.93. The van der Waals surface area contributed by atoms with Gasteiger partial charge in [-0.2, -0.15) is 0 Å². The van der Waals surface area contributed by atoms with E-state index in [1.54, 1.807) is 9.13 Å². The molecule has 0 unspecified atom stereocenters. The van der Waals surface area contributed by atoms with E-state index in [4.69, 9.17) is 4.74 Å². The number of para-hydroxylation sites is 2. The smallest absolute Gasteiger partial charge is 0.329 e. The molecule has 1 atom stereocenters. The van der Waals surface area contributed by atoms with Gasteiger partial charge in [0.2, 0.25) is 0 Å². The van der Waals surface area contributed by atoms with E-state index in [1.807, 2.05) is 58.0 Å². The van der Waals surface area contributed by atoms with Crippen molar-refractivity contribution in [1.82, 2.24) is 9.13 Å². The van der Waals surface area contributed by atoms with Crippen LogP contribution >= 0.6 is 0 Å². The van der Waals surface area contributed by atoms with Crippen molar-refractivity contribution in [3.8, 4) is 5.75 Å². The fraction of sp³-hybridized carbons (Fsp3) is 0.381.